The zero-order chi connectivity index (χ0) is 9.26. The van der Waals surface area contributed by atoms with Crippen molar-refractivity contribution < 1.29 is 0 Å². The molecule has 1 aromatic carbocycles. The van der Waals surface area contributed by atoms with Gasteiger partial charge in [-0.2, -0.15) is 0 Å². The minimum absolute atomic E-state index is 0.599. The van der Waals surface area contributed by atoms with Crippen molar-refractivity contribution in [2.24, 2.45) is 0 Å². The molecule has 1 aromatic rings. The van der Waals surface area contributed by atoms with Crippen LogP contribution in [-0.2, 0) is 6.42 Å². The maximum Gasteiger partial charge on any atom is 0.0620 e. The van der Waals surface area contributed by atoms with Crippen molar-refractivity contribution in [2.45, 2.75) is 30.5 Å². The van der Waals surface area contributed by atoms with E-state index in [9.17, 15) is 0 Å². The number of hydrogen-bond donors (Lipinski definition) is 1. The van der Waals surface area contributed by atoms with Crippen LogP contribution < -0.4 is 5.32 Å². The Morgan fingerprint density at radius 2 is 2.38 bits per heavy atom. The van der Waals surface area contributed by atoms with E-state index in [1.54, 1.807) is 0 Å². The first-order valence-corrected chi connectivity index (χ1v) is 5.67. The summed E-state index contributed by atoms with van der Waals surface area (Å²) in [5, 5.41) is 4.07. The molecule has 0 amide bonds. The standard InChI is InChI=1S/C11H15NS/c1-3-12-11-7-9-5-4-8(2)6-10(9)13-11/h4-6,11-12H,3,7H2,1-2H3. The first-order chi connectivity index (χ1) is 6.29. The van der Waals surface area contributed by atoms with E-state index in [4.69, 9.17) is 0 Å². The third kappa shape index (κ3) is 1.89. The van der Waals surface area contributed by atoms with Gasteiger partial charge >= 0.3 is 0 Å². The monoisotopic (exact) mass is 193 g/mol. The van der Waals surface area contributed by atoms with Gasteiger partial charge in [0.15, 0.2) is 0 Å². The molecule has 70 valence electrons. The average molecular weight is 193 g/mol. The predicted octanol–water partition coefficient (Wildman–Crippen LogP) is 2.58. The molecule has 1 atom stereocenters. The van der Waals surface area contributed by atoms with Gasteiger partial charge in [-0.3, -0.25) is 0 Å². The molecule has 1 aliphatic rings. The Labute approximate surface area is 83.9 Å². The van der Waals surface area contributed by atoms with Crippen molar-refractivity contribution in [1.29, 1.82) is 0 Å². The molecule has 0 aromatic heterocycles. The molecule has 1 aliphatic heterocycles. The second-order valence-corrected chi connectivity index (χ2v) is 4.72. The number of fused-ring (bicyclic) bond motifs is 1. The van der Waals surface area contributed by atoms with Crippen LogP contribution in [0.4, 0.5) is 0 Å². The van der Waals surface area contributed by atoms with Crippen LogP contribution in [0.15, 0.2) is 23.1 Å². The molecule has 0 radical (unpaired) electrons. The first-order valence-electron chi connectivity index (χ1n) is 4.79. The summed E-state index contributed by atoms with van der Waals surface area (Å²) >= 11 is 1.96. The highest BCUT2D eigenvalue weighted by Crippen LogP contribution is 2.35. The number of rotatable bonds is 2. The van der Waals surface area contributed by atoms with Gasteiger partial charge in [0.1, 0.15) is 0 Å². The molecule has 0 bridgehead atoms. The maximum atomic E-state index is 3.47. The second-order valence-electron chi connectivity index (χ2n) is 3.48. The van der Waals surface area contributed by atoms with E-state index in [0.717, 1.165) is 6.54 Å². The highest BCUT2D eigenvalue weighted by molar-refractivity contribution is 8.00. The molecule has 2 rings (SSSR count). The quantitative estimate of drug-likeness (QED) is 0.774. The third-order valence-electron chi connectivity index (χ3n) is 2.33. The molecule has 1 heterocycles. The SMILES string of the molecule is CCNC1Cc2ccc(C)cc2S1. The van der Waals surface area contributed by atoms with Crippen molar-refractivity contribution in [3.8, 4) is 0 Å². The van der Waals surface area contributed by atoms with Crippen LogP contribution in [0.2, 0.25) is 0 Å². The van der Waals surface area contributed by atoms with Crippen molar-refractivity contribution in [3.05, 3.63) is 29.3 Å². The van der Waals surface area contributed by atoms with Crippen molar-refractivity contribution in [1.82, 2.24) is 5.32 Å². The number of hydrogen-bond acceptors (Lipinski definition) is 2. The van der Waals surface area contributed by atoms with Gasteiger partial charge in [-0.15, -0.1) is 11.8 Å². The van der Waals surface area contributed by atoms with E-state index in [2.05, 4.69) is 37.4 Å². The maximum absolute atomic E-state index is 3.47. The van der Waals surface area contributed by atoms with E-state index >= 15 is 0 Å². The fraction of sp³-hybridized carbons (Fsp3) is 0.455. The predicted molar refractivity (Wildman–Crippen MR) is 58.2 cm³/mol. The fourth-order valence-electron chi connectivity index (χ4n) is 1.68. The topological polar surface area (TPSA) is 12.0 Å². The summed E-state index contributed by atoms with van der Waals surface area (Å²) in [5.41, 5.74) is 2.87. The summed E-state index contributed by atoms with van der Waals surface area (Å²) in [6, 6.07) is 6.75. The van der Waals surface area contributed by atoms with Crippen LogP contribution in [0, 0.1) is 6.92 Å². The molecule has 0 saturated heterocycles. The van der Waals surface area contributed by atoms with Gasteiger partial charge < -0.3 is 5.32 Å². The van der Waals surface area contributed by atoms with Crippen LogP contribution in [0.5, 0.6) is 0 Å². The van der Waals surface area contributed by atoms with Gasteiger partial charge in [-0.1, -0.05) is 19.1 Å². The summed E-state index contributed by atoms with van der Waals surface area (Å²) < 4.78 is 0. The van der Waals surface area contributed by atoms with E-state index in [-0.39, 0.29) is 0 Å². The summed E-state index contributed by atoms with van der Waals surface area (Å²) in [7, 11) is 0. The van der Waals surface area contributed by atoms with Crippen LogP contribution in [0.3, 0.4) is 0 Å². The Kier molecular flexibility index (Phi) is 2.61. The van der Waals surface area contributed by atoms with Crippen LogP contribution in [0.25, 0.3) is 0 Å². The lowest BCUT2D eigenvalue weighted by atomic mass is 10.1. The summed E-state index contributed by atoms with van der Waals surface area (Å²) in [6.45, 7) is 5.38. The van der Waals surface area contributed by atoms with Crippen LogP contribution in [0.1, 0.15) is 18.1 Å². The Morgan fingerprint density at radius 3 is 3.15 bits per heavy atom. The smallest absolute Gasteiger partial charge is 0.0620 e. The molecule has 1 N–H and O–H groups in total. The van der Waals surface area contributed by atoms with Gasteiger partial charge in [0.25, 0.3) is 0 Å². The number of likely N-dealkylation sites (N-methyl/N-ethyl adjacent to an activating group) is 1. The highest BCUT2D eigenvalue weighted by atomic mass is 32.2. The Hall–Kier alpha value is -0.470. The Morgan fingerprint density at radius 1 is 1.54 bits per heavy atom. The molecule has 1 unspecified atom stereocenters. The van der Waals surface area contributed by atoms with E-state index in [1.807, 2.05) is 11.8 Å². The van der Waals surface area contributed by atoms with Crippen LogP contribution >= 0.6 is 11.8 Å². The summed E-state index contributed by atoms with van der Waals surface area (Å²) in [6.07, 6.45) is 1.17. The van der Waals surface area contributed by atoms with Gasteiger partial charge in [0, 0.05) is 4.90 Å². The highest BCUT2D eigenvalue weighted by Gasteiger charge is 2.20. The molecule has 0 spiro atoms. The fourth-order valence-corrected chi connectivity index (χ4v) is 3.05. The lowest BCUT2D eigenvalue weighted by molar-refractivity contribution is 0.681. The molecule has 1 nitrogen and oxygen atoms in total. The minimum atomic E-state index is 0.599. The average Bonchev–Trinajstić information content (AvgIpc) is 2.46. The zero-order valence-electron chi connectivity index (χ0n) is 8.13. The summed E-state index contributed by atoms with van der Waals surface area (Å²) in [4.78, 5) is 1.46. The van der Waals surface area contributed by atoms with Crippen LogP contribution in [-0.4, -0.2) is 11.9 Å². The molecule has 0 aliphatic carbocycles. The van der Waals surface area contributed by atoms with Crippen molar-refractivity contribution >= 4 is 11.8 Å². The molecule has 2 heteroatoms. The second kappa shape index (κ2) is 3.72. The number of thioether (sulfide) groups is 1. The van der Waals surface area contributed by atoms with E-state index < -0.39 is 0 Å². The lowest BCUT2D eigenvalue weighted by Crippen LogP contribution is -2.24. The Balaban J connectivity index is 2.16. The minimum Gasteiger partial charge on any atom is -0.305 e. The van der Waals surface area contributed by atoms with E-state index in [1.165, 1.54) is 22.4 Å². The van der Waals surface area contributed by atoms with E-state index in [0.29, 0.717) is 5.37 Å². The number of aryl methyl sites for hydroxylation is 1. The van der Waals surface area contributed by atoms with Gasteiger partial charge in [-0.25, -0.2) is 0 Å². The molecule has 0 saturated carbocycles. The van der Waals surface area contributed by atoms with Gasteiger partial charge in [0.2, 0.25) is 0 Å². The van der Waals surface area contributed by atoms with Crippen molar-refractivity contribution in [2.75, 3.05) is 6.54 Å². The molecule has 13 heavy (non-hydrogen) atoms. The number of nitrogens with one attached hydrogen (secondary N) is 1. The largest absolute Gasteiger partial charge is 0.305 e. The zero-order valence-corrected chi connectivity index (χ0v) is 8.95. The lowest BCUT2D eigenvalue weighted by Gasteiger charge is -2.07. The third-order valence-corrected chi connectivity index (χ3v) is 3.58. The molecular weight excluding hydrogens is 178 g/mol. The van der Waals surface area contributed by atoms with Gasteiger partial charge in [0.05, 0.1) is 5.37 Å². The summed E-state index contributed by atoms with van der Waals surface area (Å²) in [5.74, 6) is 0. The van der Waals surface area contributed by atoms with Gasteiger partial charge in [-0.05, 0) is 37.1 Å². The Bertz CT molecular complexity index is 309. The molecule has 0 fully saturated rings. The van der Waals surface area contributed by atoms with Crippen molar-refractivity contribution in [3.63, 3.8) is 0 Å². The number of benzene rings is 1. The molecular formula is C11H15NS. The normalized spacial score (nSPS) is 20.3. The first kappa shape index (κ1) is 9.10.